The summed E-state index contributed by atoms with van der Waals surface area (Å²) in [5, 5.41) is 2.70. The Morgan fingerprint density at radius 2 is 2.00 bits per heavy atom. The summed E-state index contributed by atoms with van der Waals surface area (Å²) >= 11 is 0. The number of likely N-dealkylation sites (tertiary alicyclic amines) is 1. The highest BCUT2D eigenvalue weighted by atomic mass is 19.1. The highest BCUT2D eigenvalue weighted by Gasteiger charge is 2.57. The van der Waals surface area contributed by atoms with E-state index in [2.05, 4.69) is 5.32 Å². The molecule has 0 aromatic heterocycles. The molecule has 0 bridgehead atoms. The maximum atomic E-state index is 14.9. The van der Waals surface area contributed by atoms with Crippen LogP contribution in [0.5, 0.6) is 0 Å². The van der Waals surface area contributed by atoms with Gasteiger partial charge in [-0.05, 0) is 35.4 Å². The number of hydrogen-bond donors (Lipinski definition) is 1. The summed E-state index contributed by atoms with van der Waals surface area (Å²) < 4.78 is 25.0. The van der Waals surface area contributed by atoms with Gasteiger partial charge in [0, 0.05) is 26.6 Å². The van der Waals surface area contributed by atoms with Crippen LogP contribution >= 0.6 is 0 Å². The predicted octanol–water partition coefficient (Wildman–Crippen LogP) is 1.50. The van der Waals surface area contributed by atoms with Crippen molar-refractivity contribution in [3.63, 3.8) is 0 Å². The second kappa shape index (κ2) is 8.22. The third-order valence-electron chi connectivity index (χ3n) is 6.19. The Hall–Kier alpha value is -2.68. The molecule has 9 heteroatoms. The van der Waals surface area contributed by atoms with E-state index in [1.807, 2.05) is 0 Å². The molecule has 1 N–H and O–H groups in total. The van der Waals surface area contributed by atoms with Gasteiger partial charge in [-0.3, -0.25) is 14.5 Å². The van der Waals surface area contributed by atoms with Crippen LogP contribution < -0.4 is 10.2 Å². The molecule has 1 saturated carbocycles. The topological polar surface area (TPSA) is 88.2 Å². The number of carbonyl (C=O) groups is 3. The fourth-order valence-corrected chi connectivity index (χ4v) is 4.55. The average molecular weight is 419 g/mol. The van der Waals surface area contributed by atoms with E-state index in [0.717, 1.165) is 0 Å². The second-order valence-corrected chi connectivity index (χ2v) is 8.07. The van der Waals surface area contributed by atoms with E-state index >= 15 is 0 Å². The Bertz CT molecular complexity index is 851. The molecule has 4 atom stereocenters. The van der Waals surface area contributed by atoms with Crippen molar-refractivity contribution in [3.05, 3.63) is 29.6 Å². The molecule has 1 aromatic carbocycles. The first-order valence-corrected chi connectivity index (χ1v) is 10.2. The first kappa shape index (κ1) is 20.6. The van der Waals surface area contributed by atoms with Gasteiger partial charge in [0.2, 0.25) is 11.8 Å². The molecule has 162 valence electrons. The van der Waals surface area contributed by atoms with Gasteiger partial charge in [0.25, 0.3) is 0 Å². The van der Waals surface area contributed by atoms with Crippen LogP contribution in [0, 0.1) is 17.7 Å². The molecule has 3 aliphatic rings. The standard InChI is InChI=1S/C21H26FN3O5/c1-3-18(26)23-7-13-8-25(21(28)30-13)12-4-5-14(17(22)6-12)20-15-9-24(10-16(15)20)19(27)11-29-2/h4-6,13,15-16,20H,3,7-11H2,1-2H3,(H,23,26)/t13-,15-,16+,20+/m0/s1. The third kappa shape index (κ3) is 3.86. The molecule has 8 nitrogen and oxygen atoms in total. The van der Waals surface area contributed by atoms with Crippen LogP contribution in [-0.4, -0.2) is 68.8 Å². The second-order valence-electron chi connectivity index (χ2n) is 8.07. The molecule has 1 aliphatic carbocycles. The van der Waals surface area contributed by atoms with E-state index in [-0.39, 0.29) is 55.1 Å². The number of rotatable bonds is 7. The van der Waals surface area contributed by atoms with E-state index < -0.39 is 12.2 Å². The van der Waals surface area contributed by atoms with Crippen LogP contribution in [0.3, 0.4) is 0 Å². The van der Waals surface area contributed by atoms with Crippen LogP contribution in [0.25, 0.3) is 0 Å². The Morgan fingerprint density at radius 3 is 2.63 bits per heavy atom. The van der Waals surface area contributed by atoms with Gasteiger partial charge in [-0.1, -0.05) is 13.0 Å². The molecule has 3 amide bonds. The minimum atomic E-state index is -0.548. The zero-order valence-electron chi connectivity index (χ0n) is 17.1. The fourth-order valence-electron chi connectivity index (χ4n) is 4.55. The van der Waals surface area contributed by atoms with Crippen LogP contribution in [-0.2, 0) is 19.1 Å². The lowest BCUT2D eigenvalue weighted by molar-refractivity contribution is -0.134. The summed E-state index contributed by atoms with van der Waals surface area (Å²) in [5.41, 5.74) is 1.07. The SMILES string of the molecule is CCC(=O)NC[C@H]1CN(c2ccc([C@H]3[C@@H]4CN(C(=O)COC)C[C@@H]43)c(F)c2)C(=O)O1. The number of benzene rings is 1. The summed E-state index contributed by atoms with van der Waals surface area (Å²) in [5.74, 6) is 0.156. The number of cyclic esters (lactones) is 1. The van der Waals surface area contributed by atoms with Crippen molar-refractivity contribution in [1.29, 1.82) is 0 Å². The van der Waals surface area contributed by atoms with Crippen molar-refractivity contribution in [2.45, 2.75) is 25.4 Å². The lowest BCUT2D eigenvalue weighted by Crippen LogP contribution is -2.34. The van der Waals surface area contributed by atoms with E-state index in [1.165, 1.54) is 18.1 Å². The molecule has 3 fully saturated rings. The minimum absolute atomic E-state index is 0.0310. The molecule has 2 saturated heterocycles. The molecular weight excluding hydrogens is 393 g/mol. The van der Waals surface area contributed by atoms with Gasteiger partial charge in [-0.15, -0.1) is 0 Å². The fraction of sp³-hybridized carbons (Fsp3) is 0.571. The van der Waals surface area contributed by atoms with Crippen molar-refractivity contribution in [3.8, 4) is 0 Å². The predicted molar refractivity (Wildman–Crippen MR) is 105 cm³/mol. The van der Waals surface area contributed by atoms with E-state index in [0.29, 0.717) is 30.8 Å². The quantitative estimate of drug-likeness (QED) is 0.724. The summed E-state index contributed by atoms with van der Waals surface area (Å²) in [4.78, 5) is 38.6. The monoisotopic (exact) mass is 419 g/mol. The number of carbonyl (C=O) groups excluding carboxylic acids is 3. The number of piperidine rings is 1. The minimum Gasteiger partial charge on any atom is -0.442 e. The molecule has 0 unspecified atom stereocenters. The largest absolute Gasteiger partial charge is 0.442 e. The molecule has 1 aromatic rings. The number of nitrogens with zero attached hydrogens (tertiary/aromatic N) is 2. The van der Waals surface area contributed by atoms with Crippen molar-refractivity contribution < 1.29 is 28.2 Å². The van der Waals surface area contributed by atoms with Gasteiger partial charge in [-0.2, -0.15) is 0 Å². The number of amides is 3. The van der Waals surface area contributed by atoms with Gasteiger partial charge >= 0.3 is 6.09 Å². The Morgan fingerprint density at radius 1 is 1.27 bits per heavy atom. The van der Waals surface area contributed by atoms with E-state index in [1.54, 1.807) is 24.0 Å². The van der Waals surface area contributed by atoms with Gasteiger partial charge in [0.15, 0.2) is 0 Å². The number of anilines is 1. The number of fused-ring (bicyclic) bond motifs is 1. The third-order valence-corrected chi connectivity index (χ3v) is 6.19. The lowest BCUT2D eigenvalue weighted by atomic mass is 10.0. The number of nitrogens with one attached hydrogen (secondary N) is 1. The van der Waals surface area contributed by atoms with E-state index in [4.69, 9.17) is 9.47 Å². The molecule has 0 spiro atoms. The Labute approximate surface area is 174 Å². The first-order chi connectivity index (χ1) is 14.4. The maximum absolute atomic E-state index is 14.9. The van der Waals surface area contributed by atoms with Gasteiger partial charge < -0.3 is 19.7 Å². The van der Waals surface area contributed by atoms with Gasteiger partial charge in [-0.25, -0.2) is 9.18 Å². The zero-order chi connectivity index (χ0) is 21.4. The van der Waals surface area contributed by atoms with Crippen molar-refractivity contribution in [1.82, 2.24) is 10.2 Å². The molecule has 0 radical (unpaired) electrons. The van der Waals surface area contributed by atoms with Gasteiger partial charge in [0.05, 0.1) is 18.8 Å². The van der Waals surface area contributed by atoms with Gasteiger partial charge in [0.1, 0.15) is 18.5 Å². The molecule has 4 rings (SSSR count). The summed E-state index contributed by atoms with van der Waals surface area (Å²) in [6, 6.07) is 4.83. The first-order valence-electron chi connectivity index (χ1n) is 10.2. The normalized spacial score (nSPS) is 27.1. The maximum Gasteiger partial charge on any atom is 0.414 e. The number of ether oxygens (including phenoxy) is 2. The van der Waals surface area contributed by atoms with Crippen molar-refractivity contribution in [2.75, 3.05) is 44.8 Å². The lowest BCUT2D eigenvalue weighted by Gasteiger charge is -2.20. The molecule has 2 aliphatic heterocycles. The number of methoxy groups -OCH3 is 1. The van der Waals surface area contributed by atoms with Crippen LogP contribution in [0.4, 0.5) is 14.9 Å². The number of hydrogen-bond acceptors (Lipinski definition) is 5. The summed E-state index contributed by atoms with van der Waals surface area (Å²) in [7, 11) is 1.49. The molecular formula is C21H26FN3O5. The summed E-state index contributed by atoms with van der Waals surface area (Å²) in [6.07, 6.45) is -0.652. The highest BCUT2D eigenvalue weighted by Crippen LogP contribution is 2.58. The van der Waals surface area contributed by atoms with Crippen molar-refractivity contribution >= 4 is 23.6 Å². The Balaban J connectivity index is 1.36. The van der Waals surface area contributed by atoms with Crippen LogP contribution in [0.15, 0.2) is 18.2 Å². The molecule has 2 heterocycles. The van der Waals surface area contributed by atoms with Crippen LogP contribution in [0.1, 0.15) is 24.8 Å². The van der Waals surface area contributed by atoms with Crippen LogP contribution in [0.2, 0.25) is 0 Å². The number of halogens is 1. The smallest absolute Gasteiger partial charge is 0.414 e. The summed E-state index contributed by atoms with van der Waals surface area (Å²) in [6.45, 7) is 3.56. The Kier molecular flexibility index (Phi) is 5.64. The van der Waals surface area contributed by atoms with Crippen molar-refractivity contribution in [2.24, 2.45) is 11.8 Å². The van der Waals surface area contributed by atoms with E-state index in [9.17, 15) is 18.8 Å². The highest BCUT2D eigenvalue weighted by molar-refractivity contribution is 5.90. The average Bonchev–Trinajstić information content (AvgIpc) is 3.04. The zero-order valence-corrected chi connectivity index (χ0v) is 17.1. The molecule has 30 heavy (non-hydrogen) atoms.